The molecule has 1 atom stereocenters. The molecule has 1 fully saturated rings. The van der Waals surface area contributed by atoms with Gasteiger partial charge in [0.1, 0.15) is 5.69 Å². The second-order valence-electron chi connectivity index (χ2n) is 7.58. The Balaban J connectivity index is 1.47. The highest BCUT2D eigenvalue weighted by atomic mass is 19.4. The fourth-order valence-electron chi connectivity index (χ4n) is 3.60. The number of anilines is 1. The van der Waals surface area contributed by atoms with Crippen LogP contribution in [0.5, 0.6) is 5.88 Å². The van der Waals surface area contributed by atoms with Gasteiger partial charge in [0.05, 0.1) is 36.7 Å². The lowest BCUT2D eigenvalue weighted by atomic mass is 10.2. The Morgan fingerprint density at radius 2 is 1.94 bits per heavy atom. The number of fused-ring (bicyclic) bond motifs is 1. The van der Waals surface area contributed by atoms with Crippen LogP contribution in [-0.4, -0.2) is 59.6 Å². The highest BCUT2D eigenvalue weighted by Gasteiger charge is 2.51. The maximum atomic E-state index is 14.8. The fourth-order valence-corrected chi connectivity index (χ4v) is 3.60. The van der Waals surface area contributed by atoms with Crippen LogP contribution in [0.25, 0.3) is 16.9 Å². The third-order valence-corrected chi connectivity index (χ3v) is 5.22. The van der Waals surface area contributed by atoms with E-state index < -0.39 is 47.6 Å². The topological polar surface area (TPSA) is 134 Å². The molecule has 0 aliphatic carbocycles. The van der Waals surface area contributed by atoms with Crippen molar-refractivity contribution in [1.82, 2.24) is 34.5 Å². The number of rotatable bonds is 4. The number of alkyl halides is 5. The van der Waals surface area contributed by atoms with E-state index in [0.29, 0.717) is 12.4 Å². The summed E-state index contributed by atoms with van der Waals surface area (Å²) in [5, 5.41) is 4.24. The van der Waals surface area contributed by atoms with Gasteiger partial charge in [-0.3, -0.25) is 9.78 Å². The van der Waals surface area contributed by atoms with Crippen LogP contribution in [-0.2, 0) is 6.18 Å². The molecule has 0 bridgehead atoms. The van der Waals surface area contributed by atoms with Crippen molar-refractivity contribution < 1.29 is 26.7 Å². The van der Waals surface area contributed by atoms with E-state index in [1.807, 2.05) is 0 Å². The standard InChI is InChI=1S/C19H13F5N8O3/c20-18(21)8-31(7-13(18)35-14-6-26-12(5-27-14)19(22,23)24)11-3-10(30-32-2-1-25-15(11)32)9-4-28-17(34)29-16(9)33/h1-6,13H,7-8H2,(H2,28,29,33,34). The Bertz CT molecular complexity index is 1510. The number of ether oxygens (including phenoxy) is 1. The highest BCUT2D eigenvalue weighted by molar-refractivity contribution is 5.74. The monoisotopic (exact) mass is 496 g/mol. The Morgan fingerprint density at radius 1 is 1.14 bits per heavy atom. The van der Waals surface area contributed by atoms with Crippen LogP contribution in [0.2, 0.25) is 0 Å². The zero-order valence-electron chi connectivity index (χ0n) is 17.3. The van der Waals surface area contributed by atoms with Crippen molar-refractivity contribution in [2.75, 3.05) is 18.0 Å². The molecule has 0 saturated carbocycles. The van der Waals surface area contributed by atoms with Crippen molar-refractivity contribution in [1.29, 1.82) is 0 Å². The predicted molar refractivity (Wildman–Crippen MR) is 108 cm³/mol. The molecule has 1 unspecified atom stereocenters. The molecule has 4 aromatic heterocycles. The molecule has 35 heavy (non-hydrogen) atoms. The van der Waals surface area contributed by atoms with Crippen molar-refractivity contribution in [3.8, 4) is 17.1 Å². The Labute approximate surface area is 190 Å². The van der Waals surface area contributed by atoms with Gasteiger partial charge in [-0.1, -0.05) is 0 Å². The molecule has 11 nitrogen and oxygen atoms in total. The van der Waals surface area contributed by atoms with Crippen molar-refractivity contribution in [3.05, 3.63) is 63.6 Å². The molecule has 182 valence electrons. The second-order valence-corrected chi connectivity index (χ2v) is 7.58. The van der Waals surface area contributed by atoms with Gasteiger partial charge in [0, 0.05) is 18.6 Å². The van der Waals surface area contributed by atoms with Gasteiger partial charge in [0.15, 0.2) is 17.4 Å². The van der Waals surface area contributed by atoms with Crippen LogP contribution >= 0.6 is 0 Å². The number of aromatic amines is 2. The zero-order valence-corrected chi connectivity index (χ0v) is 17.3. The smallest absolute Gasteiger partial charge is 0.434 e. The molecule has 1 saturated heterocycles. The molecule has 1 aliphatic rings. The molecule has 0 amide bonds. The summed E-state index contributed by atoms with van der Waals surface area (Å²) in [6.07, 6.45) is -1.51. The fraction of sp³-hybridized carbons (Fsp3) is 0.263. The van der Waals surface area contributed by atoms with E-state index in [1.165, 1.54) is 27.9 Å². The first-order valence-electron chi connectivity index (χ1n) is 9.87. The summed E-state index contributed by atoms with van der Waals surface area (Å²) in [4.78, 5) is 39.9. The van der Waals surface area contributed by atoms with E-state index >= 15 is 0 Å². The van der Waals surface area contributed by atoms with E-state index in [-0.39, 0.29) is 29.1 Å². The number of H-pyrrole nitrogens is 2. The normalized spacial score (nSPS) is 17.7. The zero-order chi connectivity index (χ0) is 25.0. The van der Waals surface area contributed by atoms with Gasteiger partial charge >= 0.3 is 17.8 Å². The molecule has 5 heterocycles. The average Bonchev–Trinajstić information content (AvgIpc) is 3.37. The highest BCUT2D eigenvalue weighted by Crippen LogP contribution is 2.36. The summed E-state index contributed by atoms with van der Waals surface area (Å²) in [6.45, 7) is -1.21. The largest absolute Gasteiger partial charge is 0.465 e. The summed E-state index contributed by atoms with van der Waals surface area (Å²) >= 11 is 0. The molecule has 5 rings (SSSR count). The summed E-state index contributed by atoms with van der Waals surface area (Å²) in [6, 6.07) is 1.36. The lowest BCUT2D eigenvalue weighted by molar-refractivity contribution is -0.141. The van der Waals surface area contributed by atoms with E-state index in [1.54, 1.807) is 0 Å². The van der Waals surface area contributed by atoms with Crippen LogP contribution < -0.4 is 20.9 Å². The molecule has 4 aromatic rings. The van der Waals surface area contributed by atoms with Crippen LogP contribution in [0, 0.1) is 0 Å². The van der Waals surface area contributed by atoms with Gasteiger partial charge in [0.25, 0.3) is 5.56 Å². The van der Waals surface area contributed by atoms with E-state index in [0.717, 1.165) is 6.20 Å². The lowest BCUT2D eigenvalue weighted by Gasteiger charge is -2.19. The predicted octanol–water partition coefficient (Wildman–Crippen LogP) is 1.48. The molecular weight excluding hydrogens is 483 g/mol. The molecule has 0 spiro atoms. The number of halogens is 5. The van der Waals surface area contributed by atoms with Gasteiger partial charge < -0.3 is 14.6 Å². The van der Waals surface area contributed by atoms with Crippen molar-refractivity contribution in [3.63, 3.8) is 0 Å². The molecule has 1 aliphatic heterocycles. The summed E-state index contributed by atoms with van der Waals surface area (Å²) < 4.78 is 74.1. The van der Waals surface area contributed by atoms with Crippen molar-refractivity contribution >= 4 is 11.3 Å². The van der Waals surface area contributed by atoms with Crippen LogP contribution in [0.1, 0.15) is 5.69 Å². The van der Waals surface area contributed by atoms with Crippen LogP contribution in [0.3, 0.4) is 0 Å². The molecule has 2 N–H and O–H groups in total. The van der Waals surface area contributed by atoms with E-state index in [2.05, 4.69) is 30.0 Å². The Morgan fingerprint density at radius 3 is 2.63 bits per heavy atom. The van der Waals surface area contributed by atoms with Gasteiger partial charge in [-0.25, -0.2) is 33.0 Å². The quantitative estimate of drug-likeness (QED) is 0.406. The maximum Gasteiger partial charge on any atom is 0.434 e. The minimum absolute atomic E-state index is 0.0137. The number of nitrogens with one attached hydrogen (secondary N) is 2. The summed E-state index contributed by atoms with van der Waals surface area (Å²) in [5.41, 5.74) is -2.29. The lowest BCUT2D eigenvalue weighted by Crippen LogP contribution is -2.36. The Hall–Kier alpha value is -4.37. The average molecular weight is 496 g/mol. The first-order valence-corrected chi connectivity index (χ1v) is 9.87. The number of hydrogen-bond donors (Lipinski definition) is 2. The molecule has 0 radical (unpaired) electrons. The molecular formula is C19H13F5N8O3. The van der Waals surface area contributed by atoms with Gasteiger partial charge in [-0.15, -0.1) is 0 Å². The van der Waals surface area contributed by atoms with E-state index in [4.69, 9.17) is 4.74 Å². The van der Waals surface area contributed by atoms with E-state index in [9.17, 15) is 31.5 Å². The van der Waals surface area contributed by atoms with Gasteiger partial charge in [-0.2, -0.15) is 18.3 Å². The second kappa shape index (κ2) is 7.85. The molecule has 0 aromatic carbocycles. The van der Waals surface area contributed by atoms with Gasteiger partial charge in [-0.05, 0) is 6.07 Å². The summed E-state index contributed by atoms with van der Waals surface area (Å²) in [7, 11) is 0. The van der Waals surface area contributed by atoms with Crippen molar-refractivity contribution in [2.24, 2.45) is 0 Å². The number of hydrogen-bond acceptors (Lipinski definition) is 8. The third-order valence-electron chi connectivity index (χ3n) is 5.22. The third kappa shape index (κ3) is 4.17. The van der Waals surface area contributed by atoms with Gasteiger partial charge in [0.2, 0.25) is 5.88 Å². The minimum atomic E-state index is -4.73. The number of aromatic nitrogens is 7. The Kier molecular flexibility index (Phi) is 5.03. The SMILES string of the molecule is O=c1[nH]cc(-c2cc(N3CC(Oc4cnc(C(F)(F)F)cn4)C(F)(F)C3)c3nccn3n2)c(=O)[nH]1. The number of nitrogens with zero attached hydrogens (tertiary/aromatic N) is 6. The molecule has 16 heteroatoms. The minimum Gasteiger partial charge on any atom is -0.465 e. The van der Waals surface area contributed by atoms with Crippen LogP contribution in [0.4, 0.5) is 27.6 Å². The number of imidazole rings is 1. The van der Waals surface area contributed by atoms with Crippen LogP contribution in [0.15, 0.2) is 46.6 Å². The summed E-state index contributed by atoms with van der Waals surface area (Å²) in [5.74, 6) is -3.92. The first kappa shape index (κ1) is 22.4. The van der Waals surface area contributed by atoms with Crippen molar-refractivity contribution in [2.45, 2.75) is 18.2 Å². The first-order chi connectivity index (χ1) is 16.5. The maximum absolute atomic E-state index is 14.8.